The Labute approximate surface area is 177 Å². The number of esters is 1. The van der Waals surface area contributed by atoms with Gasteiger partial charge in [0.2, 0.25) is 0 Å². The number of carbonyl (C=O) groups is 1. The van der Waals surface area contributed by atoms with Crippen molar-refractivity contribution in [1.29, 1.82) is 0 Å². The highest BCUT2D eigenvalue weighted by Crippen LogP contribution is 2.24. The fourth-order valence-electron chi connectivity index (χ4n) is 2.75. The first-order valence-electron chi connectivity index (χ1n) is 8.89. The lowest BCUT2D eigenvalue weighted by atomic mass is 10.1. The van der Waals surface area contributed by atoms with Crippen molar-refractivity contribution in [2.45, 2.75) is 6.54 Å². The third kappa shape index (κ3) is 4.75. The van der Waals surface area contributed by atoms with E-state index in [0.29, 0.717) is 10.6 Å². The third-order valence-electron chi connectivity index (χ3n) is 4.29. The normalized spacial score (nSPS) is 10.9. The summed E-state index contributed by atoms with van der Waals surface area (Å²) in [5, 5.41) is 4.90. The number of rotatable bonds is 6. The number of ether oxygens (including phenoxy) is 2. The number of carbonyl (C=O) groups excluding carboxylic acids is 1. The van der Waals surface area contributed by atoms with E-state index >= 15 is 0 Å². The van der Waals surface area contributed by atoms with Gasteiger partial charge in [-0.2, -0.15) is 5.10 Å². The minimum absolute atomic E-state index is 0.0751. The molecule has 0 atom stereocenters. The van der Waals surface area contributed by atoms with Crippen LogP contribution in [0, 0.1) is 5.82 Å². The second-order valence-corrected chi connectivity index (χ2v) is 6.66. The lowest BCUT2D eigenvalue weighted by Crippen LogP contribution is -2.29. The zero-order valence-corrected chi connectivity index (χ0v) is 17.0. The molecule has 0 aliphatic heterocycles. The van der Waals surface area contributed by atoms with Gasteiger partial charge in [0.1, 0.15) is 5.56 Å². The van der Waals surface area contributed by atoms with Gasteiger partial charge < -0.3 is 9.47 Å². The number of methoxy groups -OCH3 is 2. The van der Waals surface area contributed by atoms with Gasteiger partial charge in [-0.05, 0) is 42.0 Å². The highest BCUT2D eigenvalue weighted by atomic mass is 35.5. The van der Waals surface area contributed by atoms with E-state index < -0.39 is 17.3 Å². The zero-order chi connectivity index (χ0) is 21.7. The first kappa shape index (κ1) is 21.3. The summed E-state index contributed by atoms with van der Waals surface area (Å²) >= 11 is 5.87. The first-order chi connectivity index (χ1) is 14.4. The van der Waals surface area contributed by atoms with Crippen molar-refractivity contribution in [3.05, 3.63) is 86.9 Å². The average molecular weight is 429 g/mol. The predicted octanol–water partition coefficient (Wildman–Crippen LogP) is 4.21. The van der Waals surface area contributed by atoms with Gasteiger partial charge in [-0.1, -0.05) is 35.9 Å². The molecular formula is C22H18ClFN2O4. The molecule has 1 aromatic heterocycles. The van der Waals surface area contributed by atoms with Crippen LogP contribution in [0.5, 0.6) is 5.75 Å². The monoisotopic (exact) mass is 428 g/mol. The first-order valence-corrected chi connectivity index (χ1v) is 9.27. The molecule has 1 heterocycles. The highest BCUT2D eigenvalue weighted by Gasteiger charge is 2.17. The molecule has 0 radical (unpaired) electrons. The fraction of sp³-hybridized carbons (Fsp3) is 0.136. The quantitative estimate of drug-likeness (QED) is 0.550. The van der Waals surface area contributed by atoms with E-state index in [2.05, 4.69) is 5.10 Å². The molecule has 0 aliphatic carbocycles. The van der Waals surface area contributed by atoms with Crippen LogP contribution in [0.1, 0.15) is 15.9 Å². The Morgan fingerprint density at radius 2 is 1.90 bits per heavy atom. The Morgan fingerprint density at radius 1 is 1.17 bits per heavy atom. The Balaban J connectivity index is 2.00. The van der Waals surface area contributed by atoms with Crippen LogP contribution in [-0.2, 0) is 11.3 Å². The van der Waals surface area contributed by atoms with Crippen molar-refractivity contribution >= 4 is 23.6 Å². The van der Waals surface area contributed by atoms with E-state index in [0.717, 1.165) is 10.2 Å². The summed E-state index contributed by atoms with van der Waals surface area (Å²) in [4.78, 5) is 24.7. The van der Waals surface area contributed by atoms with Crippen LogP contribution in [0.15, 0.2) is 59.4 Å². The van der Waals surface area contributed by atoms with E-state index in [1.54, 1.807) is 30.4 Å². The molecule has 0 saturated heterocycles. The predicted molar refractivity (Wildman–Crippen MR) is 112 cm³/mol. The second-order valence-electron chi connectivity index (χ2n) is 6.23. The van der Waals surface area contributed by atoms with Gasteiger partial charge in [-0.15, -0.1) is 0 Å². The smallest absolute Gasteiger partial charge is 0.343 e. The van der Waals surface area contributed by atoms with Crippen LogP contribution in [0.25, 0.3) is 17.3 Å². The van der Waals surface area contributed by atoms with Crippen molar-refractivity contribution in [2.24, 2.45) is 0 Å². The van der Waals surface area contributed by atoms with Crippen LogP contribution in [0.4, 0.5) is 4.39 Å². The SMILES string of the molecule is COC(=O)c1cc(-c2ccc(OC)c(F)c2)nn(C/C=C/c2ccc(Cl)cc2)c1=O. The van der Waals surface area contributed by atoms with E-state index in [-0.39, 0.29) is 23.6 Å². The van der Waals surface area contributed by atoms with Crippen LogP contribution in [0.2, 0.25) is 5.02 Å². The van der Waals surface area contributed by atoms with Gasteiger partial charge in [0.05, 0.1) is 26.5 Å². The number of benzene rings is 2. The lowest BCUT2D eigenvalue weighted by Gasteiger charge is -2.10. The van der Waals surface area contributed by atoms with E-state index in [4.69, 9.17) is 21.1 Å². The summed E-state index contributed by atoms with van der Waals surface area (Å²) in [6, 6.07) is 12.7. The number of hydrogen-bond acceptors (Lipinski definition) is 5. The summed E-state index contributed by atoms with van der Waals surface area (Å²) in [5.41, 5.74) is 0.707. The summed E-state index contributed by atoms with van der Waals surface area (Å²) in [6.07, 6.45) is 3.51. The Morgan fingerprint density at radius 3 is 2.53 bits per heavy atom. The largest absolute Gasteiger partial charge is 0.494 e. The summed E-state index contributed by atoms with van der Waals surface area (Å²) in [6.45, 7) is 0.0952. The van der Waals surface area contributed by atoms with Crippen molar-refractivity contribution < 1.29 is 18.7 Å². The molecule has 0 aliphatic rings. The highest BCUT2D eigenvalue weighted by molar-refractivity contribution is 6.30. The van der Waals surface area contributed by atoms with E-state index in [1.165, 1.54) is 32.4 Å². The Kier molecular flexibility index (Phi) is 6.64. The molecule has 30 heavy (non-hydrogen) atoms. The van der Waals surface area contributed by atoms with Crippen molar-refractivity contribution in [3.8, 4) is 17.0 Å². The molecule has 0 amide bonds. The molecule has 0 bridgehead atoms. The number of aromatic nitrogens is 2. The number of halogens is 2. The number of allylic oxidation sites excluding steroid dienone is 1. The molecule has 3 aromatic rings. The second kappa shape index (κ2) is 9.37. The van der Waals surface area contributed by atoms with Crippen LogP contribution >= 0.6 is 11.6 Å². The summed E-state index contributed by atoms with van der Waals surface area (Å²) in [5.74, 6) is -1.31. The van der Waals surface area contributed by atoms with E-state index in [9.17, 15) is 14.0 Å². The average Bonchev–Trinajstić information content (AvgIpc) is 2.75. The van der Waals surface area contributed by atoms with Gasteiger partial charge >= 0.3 is 5.97 Å². The molecule has 0 saturated carbocycles. The van der Waals surface area contributed by atoms with Gasteiger partial charge in [0.15, 0.2) is 11.6 Å². The van der Waals surface area contributed by atoms with Gasteiger partial charge in [-0.3, -0.25) is 4.79 Å². The third-order valence-corrected chi connectivity index (χ3v) is 4.54. The van der Waals surface area contributed by atoms with Crippen molar-refractivity contribution in [3.63, 3.8) is 0 Å². The molecule has 6 nitrogen and oxygen atoms in total. The maximum absolute atomic E-state index is 14.1. The molecule has 0 fully saturated rings. The van der Waals surface area contributed by atoms with Crippen molar-refractivity contribution in [1.82, 2.24) is 9.78 Å². The molecular weight excluding hydrogens is 411 g/mol. The molecule has 154 valence electrons. The molecule has 0 spiro atoms. The Bertz CT molecular complexity index is 1160. The number of hydrogen-bond donors (Lipinski definition) is 0. The minimum Gasteiger partial charge on any atom is -0.494 e. The van der Waals surface area contributed by atoms with Crippen LogP contribution in [0.3, 0.4) is 0 Å². The molecule has 3 rings (SSSR count). The maximum Gasteiger partial charge on any atom is 0.343 e. The summed E-state index contributed by atoms with van der Waals surface area (Å²) in [7, 11) is 2.54. The van der Waals surface area contributed by atoms with Gasteiger partial charge in [0.25, 0.3) is 5.56 Å². The zero-order valence-electron chi connectivity index (χ0n) is 16.3. The minimum atomic E-state index is -0.798. The van der Waals surface area contributed by atoms with Crippen LogP contribution < -0.4 is 10.3 Å². The van der Waals surface area contributed by atoms with Crippen LogP contribution in [-0.4, -0.2) is 30.0 Å². The molecule has 2 aromatic carbocycles. The van der Waals surface area contributed by atoms with Gasteiger partial charge in [-0.25, -0.2) is 13.9 Å². The Hall–Kier alpha value is -3.45. The topological polar surface area (TPSA) is 70.4 Å². The summed E-state index contributed by atoms with van der Waals surface area (Å²) < 4.78 is 24.9. The molecule has 0 N–H and O–H groups in total. The van der Waals surface area contributed by atoms with Gasteiger partial charge in [0, 0.05) is 10.6 Å². The lowest BCUT2D eigenvalue weighted by molar-refractivity contribution is 0.0597. The number of nitrogens with zero attached hydrogens (tertiary/aromatic N) is 2. The molecule has 8 heteroatoms. The maximum atomic E-state index is 14.1. The fourth-order valence-corrected chi connectivity index (χ4v) is 2.88. The molecule has 0 unspecified atom stereocenters. The van der Waals surface area contributed by atoms with Crippen molar-refractivity contribution in [2.75, 3.05) is 14.2 Å². The van der Waals surface area contributed by atoms with E-state index in [1.807, 2.05) is 12.1 Å². The standard InChI is InChI=1S/C22H18ClFN2O4/c1-29-20-10-7-15(12-18(20)24)19-13-17(22(28)30-2)21(27)26(25-19)11-3-4-14-5-8-16(23)9-6-14/h3-10,12-13H,11H2,1-2H3/b4-3+.